The second-order valence-electron chi connectivity index (χ2n) is 4.73. The van der Waals surface area contributed by atoms with Gasteiger partial charge in [-0.2, -0.15) is 0 Å². The molecule has 0 fully saturated rings. The summed E-state index contributed by atoms with van der Waals surface area (Å²) in [5, 5.41) is 2.59. The normalized spacial score (nSPS) is 14.7. The summed E-state index contributed by atoms with van der Waals surface area (Å²) in [5.74, 6) is -0.275. The molecule has 0 rings (SSSR count). The van der Waals surface area contributed by atoms with E-state index in [1.165, 1.54) is 0 Å². The van der Waals surface area contributed by atoms with Gasteiger partial charge in [-0.15, -0.1) is 0 Å². The zero-order chi connectivity index (χ0) is 12.3. The zero-order valence-corrected chi connectivity index (χ0v) is 10.5. The van der Waals surface area contributed by atoms with Gasteiger partial charge in [-0.1, -0.05) is 0 Å². The summed E-state index contributed by atoms with van der Waals surface area (Å²) in [5.41, 5.74) is 5.09. The highest BCUT2D eigenvalue weighted by Crippen LogP contribution is 2.03. The summed E-state index contributed by atoms with van der Waals surface area (Å²) >= 11 is 0. The van der Waals surface area contributed by atoms with E-state index < -0.39 is 15.4 Å². The number of rotatable bonds is 5. The van der Waals surface area contributed by atoms with Crippen LogP contribution in [0.1, 0.15) is 27.2 Å². The Morgan fingerprint density at radius 1 is 1.47 bits per heavy atom. The van der Waals surface area contributed by atoms with Crippen LogP contribution >= 0.6 is 0 Å². The van der Waals surface area contributed by atoms with E-state index in [0.717, 1.165) is 6.26 Å². The van der Waals surface area contributed by atoms with Gasteiger partial charge >= 0.3 is 0 Å². The summed E-state index contributed by atoms with van der Waals surface area (Å²) in [6, 6.07) is -0.380. The van der Waals surface area contributed by atoms with Gasteiger partial charge in [-0.05, 0) is 20.8 Å². The Balaban J connectivity index is 4.09. The topological polar surface area (TPSA) is 89.3 Å². The van der Waals surface area contributed by atoms with Crippen LogP contribution in [0.5, 0.6) is 0 Å². The Morgan fingerprint density at radius 2 is 1.93 bits per heavy atom. The standard InChI is InChI=1S/C9H20N2O3S/c1-7(6-15(4,13)14)11-8(12)5-9(2,3)10/h7H,5-6,10H2,1-4H3,(H,11,12). The summed E-state index contributed by atoms with van der Waals surface area (Å²) in [4.78, 5) is 11.4. The molecule has 1 unspecified atom stereocenters. The molecule has 90 valence electrons. The molecule has 0 radical (unpaired) electrons. The Hall–Kier alpha value is -0.620. The molecule has 0 saturated carbocycles. The summed E-state index contributed by atoms with van der Waals surface area (Å²) in [6.45, 7) is 5.14. The minimum atomic E-state index is -3.06. The maximum Gasteiger partial charge on any atom is 0.222 e. The second-order valence-corrected chi connectivity index (χ2v) is 6.91. The van der Waals surface area contributed by atoms with Crippen molar-refractivity contribution in [1.82, 2.24) is 5.32 Å². The molecule has 1 atom stereocenters. The van der Waals surface area contributed by atoms with Crippen molar-refractivity contribution < 1.29 is 13.2 Å². The maximum atomic E-state index is 11.4. The van der Waals surface area contributed by atoms with Gasteiger partial charge in [-0.25, -0.2) is 8.42 Å². The van der Waals surface area contributed by atoms with Crippen molar-refractivity contribution in [2.24, 2.45) is 5.73 Å². The minimum Gasteiger partial charge on any atom is -0.353 e. The van der Waals surface area contributed by atoms with Crippen molar-refractivity contribution in [3.05, 3.63) is 0 Å². The second kappa shape index (κ2) is 4.94. The van der Waals surface area contributed by atoms with Crippen molar-refractivity contribution in [2.45, 2.75) is 38.8 Å². The molecule has 0 aliphatic carbocycles. The average molecular weight is 236 g/mol. The van der Waals surface area contributed by atoms with Gasteiger partial charge in [0.25, 0.3) is 0 Å². The lowest BCUT2D eigenvalue weighted by Crippen LogP contribution is -2.43. The molecule has 6 heteroatoms. The zero-order valence-electron chi connectivity index (χ0n) is 9.70. The van der Waals surface area contributed by atoms with E-state index >= 15 is 0 Å². The lowest BCUT2D eigenvalue weighted by molar-refractivity contribution is -0.122. The van der Waals surface area contributed by atoms with Crippen LogP contribution in [-0.2, 0) is 14.6 Å². The molecule has 3 N–H and O–H groups in total. The number of hydrogen-bond acceptors (Lipinski definition) is 4. The first-order chi connectivity index (χ1) is 6.49. The van der Waals surface area contributed by atoms with E-state index in [9.17, 15) is 13.2 Å². The number of hydrogen-bond donors (Lipinski definition) is 2. The first-order valence-electron chi connectivity index (χ1n) is 4.75. The summed E-state index contributed by atoms with van der Waals surface area (Å²) < 4.78 is 21.9. The van der Waals surface area contributed by atoms with Crippen LogP contribution in [0.3, 0.4) is 0 Å². The molecule has 1 amide bonds. The largest absolute Gasteiger partial charge is 0.353 e. The number of nitrogens with two attached hydrogens (primary N) is 1. The van der Waals surface area contributed by atoms with Gasteiger partial charge in [0.1, 0.15) is 9.84 Å². The molecular formula is C9H20N2O3S. The first-order valence-corrected chi connectivity index (χ1v) is 6.81. The molecule has 0 aliphatic heterocycles. The smallest absolute Gasteiger partial charge is 0.222 e. The van der Waals surface area contributed by atoms with Gasteiger partial charge in [0.05, 0.1) is 5.75 Å². The maximum absolute atomic E-state index is 11.4. The van der Waals surface area contributed by atoms with Gasteiger partial charge in [0, 0.05) is 24.3 Å². The highest BCUT2D eigenvalue weighted by molar-refractivity contribution is 7.90. The predicted octanol–water partition coefficient (Wildman–Crippen LogP) is -0.337. The third kappa shape index (κ3) is 9.68. The molecule has 15 heavy (non-hydrogen) atoms. The van der Waals surface area contributed by atoms with Crippen molar-refractivity contribution in [3.8, 4) is 0 Å². The molecular weight excluding hydrogens is 216 g/mol. The summed E-state index contributed by atoms with van der Waals surface area (Å²) in [7, 11) is -3.06. The molecule has 0 saturated heterocycles. The Labute approximate surface area is 91.3 Å². The number of carbonyl (C=O) groups is 1. The summed E-state index contributed by atoms with van der Waals surface area (Å²) in [6.07, 6.45) is 1.32. The number of nitrogens with one attached hydrogen (secondary N) is 1. The predicted molar refractivity (Wildman–Crippen MR) is 60.2 cm³/mol. The molecule has 0 aromatic heterocycles. The molecule has 0 bridgehead atoms. The third-order valence-electron chi connectivity index (χ3n) is 1.58. The van der Waals surface area contributed by atoms with Crippen molar-refractivity contribution in [1.29, 1.82) is 0 Å². The van der Waals surface area contributed by atoms with Gasteiger partial charge in [0.15, 0.2) is 0 Å². The van der Waals surface area contributed by atoms with Crippen molar-refractivity contribution >= 4 is 15.7 Å². The van der Waals surface area contributed by atoms with Crippen molar-refractivity contribution in [2.75, 3.05) is 12.0 Å². The molecule has 0 spiro atoms. The Kier molecular flexibility index (Phi) is 4.73. The Morgan fingerprint density at radius 3 is 2.27 bits per heavy atom. The quantitative estimate of drug-likeness (QED) is 0.683. The molecule has 0 aromatic carbocycles. The highest BCUT2D eigenvalue weighted by atomic mass is 32.2. The van der Waals surface area contributed by atoms with E-state index in [2.05, 4.69) is 5.32 Å². The van der Waals surface area contributed by atoms with Gasteiger partial charge in [-0.3, -0.25) is 4.79 Å². The Bertz CT molecular complexity index is 317. The van der Waals surface area contributed by atoms with Crippen molar-refractivity contribution in [3.63, 3.8) is 0 Å². The lowest BCUT2D eigenvalue weighted by Gasteiger charge is -2.19. The van der Waals surface area contributed by atoms with E-state index in [-0.39, 0.29) is 24.1 Å². The van der Waals surface area contributed by atoms with Crippen LogP contribution in [0.25, 0.3) is 0 Å². The first kappa shape index (κ1) is 14.4. The van der Waals surface area contributed by atoms with Crippen LogP contribution in [0.15, 0.2) is 0 Å². The monoisotopic (exact) mass is 236 g/mol. The molecule has 0 heterocycles. The van der Waals surface area contributed by atoms with Crippen LogP contribution in [0, 0.1) is 0 Å². The SMILES string of the molecule is CC(CS(C)(=O)=O)NC(=O)CC(C)(C)N. The number of amides is 1. The van der Waals surface area contributed by atoms with Gasteiger partial charge < -0.3 is 11.1 Å². The molecule has 0 aromatic rings. The number of sulfone groups is 1. The van der Waals surface area contributed by atoms with Crippen LogP contribution in [0.2, 0.25) is 0 Å². The molecule has 5 nitrogen and oxygen atoms in total. The van der Waals surface area contributed by atoms with Gasteiger partial charge in [0.2, 0.25) is 5.91 Å². The number of carbonyl (C=O) groups excluding carboxylic acids is 1. The fourth-order valence-corrected chi connectivity index (χ4v) is 2.23. The fraction of sp³-hybridized carbons (Fsp3) is 0.889. The van der Waals surface area contributed by atoms with Crippen LogP contribution in [0.4, 0.5) is 0 Å². The van der Waals surface area contributed by atoms with E-state index in [4.69, 9.17) is 5.73 Å². The lowest BCUT2D eigenvalue weighted by atomic mass is 10.0. The fourth-order valence-electron chi connectivity index (χ4n) is 1.24. The van der Waals surface area contributed by atoms with E-state index in [0.29, 0.717) is 0 Å². The van der Waals surface area contributed by atoms with E-state index in [1.807, 2.05) is 0 Å². The van der Waals surface area contributed by atoms with Crippen LogP contribution in [-0.4, -0.2) is 37.9 Å². The minimum absolute atomic E-state index is 0.0518. The third-order valence-corrected chi connectivity index (χ3v) is 2.68. The van der Waals surface area contributed by atoms with E-state index in [1.54, 1.807) is 20.8 Å². The van der Waals surface area contributed by atoms with Crippen LogP contribution < -0.4 is 11.1 Å². The highest BCUT2D eigenvalue weighted by Gasteiger charge is 2.19. The molecule has 0 aliphatic rings. The average Bonchev–Trinajstić information content (AvgIpc) is 1.73.